The molecule has 0 saturated carbocycles. The summed E-state index contributed by atoms with van der Waals surface area (Å²) in [5.74, 6) is 0.226. The van der Waals surface area contributed by atoms with Crippen molar-refractivity contribution in [2.45, 2.75) is 58.4 Å². The van der Waals surface area contributed by atoms with Gasteiger partial charge in [-0.15, -0.1) is 0 Å². The molecule has 136 valence electrons. The maximum absolute atomic E-state index is 13.2. The third-order valence-corrected chi connectivity index (χ3v) is 5.25. The second-order valence-corrected chi connectivity index (χ2v) is 7.81. The van der Waals surface area contributed by atoms with Gasteiger partial charge in [0.1, 0.15) is 0 Å². The minimum Gasteiger partial charge on any atom is -0.347 e. The topological polar surface area (TPSA) is 22.0 Å². The summed E-state index contributed by atoms with van der Waals surface area (Å²) in [5.41, 5.74) is 3.06. The molecule has 0 aliphatic rings. The van der Waals surface area contributed by atoms with E-state index in [0.29, 0.717) is 6.42 Å². The Balaban J connectivity index is 1.88. The number of ketones is 1. The Morgan fingerprint density at radius 1 is 0.962 bits per heavy atom. The lowest BCUT2D eigenvalue weighted by Crippen LogP contribution is -2.21. The molecule has 3 rings (SSSR count). The van der Waals surface area contributed by atoms with Crippen molar-refractivity contribution >= 4 is 16.7 Å². The Hall–Kier alpha value is -2.35. The zero-order chi connectivity index (χ0) is 18.6. The molecule has 0 aliphatic carbocycles. The first-order valence-corrected chi connectivity index (χ1v) is 9.69. The molecule has 2 heteroatoms. The average Bonchev–Trinajstić information content (AvgIpc) is 3.02. The molecule has 0 N–H and O–H groups in total. The second-order valence-electron chi connectivity index (χ2n) is 7.81. The van der Waals surface area contributed by atoms with E-state index in [4.69, 9.17) is 0 Å². The molecule has 0 atom stereocenters. The number of fused-ring (bicyclic) bond motifs is 1. The van der Waals surface area contributed by atoms with Crippen molar-refractivity contribution in [2.75, 3.05) is 0 Å². The van der Waals surface area contributed by atoms with Crippen molar-refractivity contribution in [1.82, 2.24) is 4.57 Å². The summed E-state index contributed by atoms with van der Waals surface area (Å²) in [6.45, 7) is 7.50. The Morgan fingerprint density at radius 2 is 1.65 bits per heavy atom. The smallest absolute Gasteiger partial charge is 0.165 e. The number of aryl methyl sites for hydroxylation is 1. The maximum Gasteiger partial charge on any atom is 0.165 e. The molecule has 0 saturated heterocycles. The molecule has 0 radical (unpaired) electrons. The second kappa shape index (κ2) is 7.90. The first-order chi connectivity index (χ1) is 12.5. The molecule has 2 nitrogen and oxygen atoms in total. The van der Waals surface area contributed by atoms with Gasteiger partial charge in [-0.25, -0.2) is 0 Å². The minimum absolute atomic E-state index is 0.177. The highest BCUT2D eigenvalue weighted by Gasteiger charge is 2.26. The average molecular weight is 348 g/mol. The normalized spacial score (nSPS) is 11.8. The van der Waals surface area contributed by atoms with Crippen LogP contribution >= 0.6 is 0 Å². The van der Waals surface area contributed by atoms with Crippen LogP contribution in [0.25, 0.3) is 10.9 Å². The fraction of sp³-hybridized carbons (Fsp3) is 0.375. The number of benzene rings is 2. The molecule has 2 aromatic carbocycles. The van der Waals surface area contributed by atoms with Gasteiger partial charge in [-0.05, 0) is 23.5 Å². The number of para-hydroxylation sites is 1. The van der Waals surface area contributed by atoms with Gasteiger partial charge >= 0.3 is 0 Å². The van der Waals surface area contributed by atoms with Crippen LogP contribution < -0.4 is 0 Å². The molecular weight excluding hydrogens is 318 g/mol. The van der Waals surface area contributed by atoms with Gasteiger partial charge in [-0.2, -0.15) is 0 Å². The first-order valence-electron chi connectivity index (χ1n) is 9.69. The van der Waals surface area contributed by atoms with Crippen LogP contribution in [0.3, 0.4) is 0 Å². The van der Waals surface area contributed by atoms with Crippen LogP contribution in [0.4, 0.5) is 0 Å². The minimum atomic E-state index is -0.177. The van der Waals surface area contributed by atoms with Crippen LogP contribution in [0.15, 0.2) is 60.8 Å². The number of nitrogens with zero attached hydrogens (tertiary/aromatic N) is 1. The van der Waals surface area contributed by atoms with E-state index in [1.54, 1.807) is 0 Å². The number of carbonyl (C=O) groups is 1. The Labute approximate surface area is 156 Å². The summed E-state index contributed by atoms with van der Waals surface area (Å²) >= 11 is 0. The lowest BCUT2D eigenvalue weighted by atomic mass is 9.79. The van der Waals surface area contributed by atoms with Crippen LogP contribution in [0.1, 0.15) is 62.4 Å². The fourth-order valence-electron chi connectivity index (χ4n) is 3.67. The predicted octanol–water partition coefficient (Wildman–Crippen LogP) is 6.38. The highest BCUT2D eigenvalue weighted by Crippen LogP contribution is 2.31. The monoisotopic (exact) mass is 347 g/mol. The molecule has 0 unspecified atom stereocenters. The molecule has 26 heavy (non-hydrogen) atoms. The van der Waals surface area contributed by atoms with E-state index < -0.39 is 0 Å². The Bertz CT molecular complexity index is 874. The summed E-state index contributed by atoms with van der Waals surface area (Å²) in [6, 6.07) is 18.6. The van der Waals surface area contributed by atoms with Crippen molar-refractivity contribution in [3.8, 4) is 0 Å². The van der Waals surface area contributed by atoms with E-state index >= 15 is 0 Å². The molecule has 1 aromatic heterocycles. The number of hydrogen-bond acceptors (Lipinski definition) is 1. The van der Waals surface area contributed by atoms with Crippen LogP contribution in [-0.2, 0) is 12.0 Å². The largest absolute Gasteiger partial charge is 0.347 e. The molecule has 1 heterocycles. The Morgan fingerprint density at radius 3 is 2.38 bits per heavy atom. The van der Waals surface area contributed by atoms with Gasteiger partial charge in [-0.1, -0.05) is 82.1 Å². The van der Waals surface area contributed by atoms with Crippen LogP contribution in [0.5, 0.6) is 0 Å². The van der Waals surface area contributed by atoms with Crippen molar-refractivity contribution in [3.63, 3.8) is 0 Å². The molecule has 0 fully saturated rings. The third-order valence-electron chi connectivity index (χ3n) is 5.25. The summed E-state index contributed by atoms with van der Waals surface area (Å²) in [4.78, 5) is 13.2. The number of unbranched alkanes of at least 4 members (excludes halogenated alkanes) is 2. The van der Waals surface area contributed by atoms with E-state index in [9.17, 15) is 4.79 Å². The van der Waals surface area contributed by atoms with Gasteiger partial charge in [0, 0.05) is 35.6 Å². The van der Waals surface area contributed by atoms with Gasteiger partial charge < -0.3 is 4.57 Å². The molecule has 0 amide bonds. The summed E-state index contributed by atoms with van der Waals surface area (Å²) in [7, 11) is 0. The SMILES string of the molecule is CCCCCn1cc(C(=O)CC(C)(C)c2ccccc2)c2ccccc21. The number of Topliss-reactive ketones (excluding diaryl/α,β-unsaturated/α-hetero) is 1. The van der Waals surface area contributed by atoms with Crippen molar-refractivity contribution in [3.05, 3.63) is 71.9 Å². The number of aromatic nitrogens is 1. The van der Waals surface area contributed by atoms with Gasteiger partial charge in [0.2, 0.25) is 0 Å². The molecule has 0 bridgehead atoms. The van der Waals surface area contributed by atoms with Gasteiger partial charge in [0.25, 0.3) is 0 Å². The van der Waals surface area contributed by atoms with E-state index in [2.05, 4.69) is 61.9 Å². The zero-order valence-electron chi connectivity index (χ0n) is 16.2. The number of hydrogen-bond donors (Lipinski definition) is 0. The molecule has 3 aromatic rings. The van der Waals surface area contributed by atoms with E-state index in [-0.39, 0.29) is 11.2 Å². The van der Waals surface area contributed by atoms with Crippen LogP contribution in [0.2, 0.25) is 0 Å². The molecular formula is C24H29NO. The van der Waals surface area contributed by atoms with Crippen molar-refractivity contribution in [2.24, 2.45) is 0 Å². The molecule has 0 spiro atoms. The highest BCUT2D eigenvalue weighted by molar-refractivity contribution is 6.08. The number of carbonyl (C=O) groups excluding carboxylic acids is 1. The highest BCUT2D eigenvalue weighted by atomic mass is 16.1. The van der Waals surface area contributed by atoms with Crippen LogP contribution in [-0.4, -0.2) is 10.4 Å². The fourth-order valence-corrected chi connectivity index (χ4v) is 3.67. The third kappa shape index (κ3) is 3.90. The van der Waals surface area contributed by atoms with Gasteiger partial charge in [0.15, 0.2) is 5.78 Å². The summed E-state index contributed by atoms with van der Waals surface area (Å²) < 4.78 is 2.26. The summed E-state index contributed by atoms with van der Waals surface area (Å²) in [6.07, 6.45) is 6.16. The summed E-state index contributed by atoms with van der Waals surface area (Å²) in [5, 5.41) is 1.08. The van der Waals surface area contributed by atoms with E-state index in [1.807, 2.05) is 24.3 Å². The quantitative estimate of drug-likeness (QED) is 0.342. The molecule has 0 aliphatic heterocycles. The lowest BCUT2D eigenvalue weighted by molar-refractivity contribution is 0.0959. The van der Waals surface area contributed by atoms with Gasteiger partial charge in [0.05, 0.1) is 0 Å². The first kappa shape index (κ1) is 18.4. The van der Waals surface area contributed by atoms with E-state index in [1.165, 1.54) is 23.9 Å². The van der Waals surface area contributed by atoms with E-state index in [0.717, 1.165) is 23.9 Å². The Kier molecular flexibility index (Phi) is 5.61. The maximum atomic E-state index is 13.2. The van der Waals surface area contributed by atoms with Crippen molar-refractivity contribution < 1.29 is 4.79 Å². The predicted molar refractivity (Wildman–Crippen MR) is 110 cm³/mol. The number of rotatable bonds is 8. The van der Waals surface area contributed by atoms with Crippen molar-refractivity contribution in [1.29, 1.82) is 0 Å². The zero-order valence-corrected chi connectivity index (χ0v) is 16.2. The van der Waals surface area contributed by atoms with Crippen LogP contribution in [0, 0.1) is 0 Å². The standard InChI is InChI=1S/C24H29NO/c1-4-5-11-16-25-18-21(20-14-9-10-15-22(20)25)23(26)17-24(2,3)19-12-7-6-8-13-19/h6-10,12-15,18H,4-5,11,16-17H2,1-3H3. The van der Waals surface area contributed by atoms with Gasteiger partial charge in [-0.3, -0.25) is 4.79 Å². The lowest BCUT2D eigenvalue weighted by Gasteiger charge is -2.24.